The Morgan fingerprint density at radius 1 is 1.27 bits per heavy atom. The average Bonchev–Trinajstić information content (AvgIpc) is 2.04. The maximum Gasteiger partial charge on any atom is 0.264 e. The van der Waals surface area contributed by atoms with Gasteiger partial charge in [0.1, 0.15) is 6.33 Å². The molecule has 0 aliphatic carbocycles. The van der Waals surface area contributed by atoms with Crippen LogP contribution < -0.4 is 9.05 Å². The van der Waals surface area contributed by atoms with Crippen molar-refractivity contribution in [1.29, 1.82) is 0 Å². The summed E-state index contributed by atoms with van der Waals surface area (Å²) >= 11 is 5.63. The maximum atomic E-state index is 5.63. The molecule has 1 rings (SSSR count). The summed E-state index contributed by atoms with van der Waals surface area (Å²) in [7, 11) is 4.08. The molecule has 2 atom stereocenters. The predicted octanol–water partition coefficient (Wildman–Crippen LogP) is 1.47. The van der Waals surface area contributed by atoms with Gasteiger partial charge in [-0.25, -0.2) is 4.98 Å². The molecule has 1 aromatic rings. The lowest BCUT2D eigenvalue weighted by Gasteiger charge is -2.04. The molecule has 1 heterocycles. The van der Waals surface area contributed by atoms with E-state index in [1.165, 1.54) is 6.33 Å². The predicted molar refractivity (Wildman–Crippen MR) is 47.7 cm³/mol. The van der Waals surface area contributed by atoms with Gasteiger partial charge in [-0.3, -0.25) is 0 Å². The van der Waals surface area contributed by atoms with Gasteiger partial charge in [0.15, 0.2) is 5.15 Å². The quantitative estimate of drug-likeness (QED) is 0.548. The fourth-order valence-electron chi connectivity index (χ4n) is 0.520. The number of hydrogen-bond donors (Lipinski definition) is 0. The second-order valence-corrected chi connectivity index (χ2v) is 2.36. The third kappa shape index (κ3) is 1.90. The number of halogens is 1. The van der Waals surface area contributed by atoms with Crippen molar-refractivity contribution in [3.63, 3.8) is 0 Å². The van der Waals surface area contributed by atoms with Gasteiger partial charge < -0.3 is 9.05 Å². The first-order chi connectivity index (χ1) is 5.29. The molecular weight excluding hydrogens is 205 g/mol. The topological polar surface area (TPSA) is 44.2 Å². The van der Waals surface area contributed by atoms with Crippen LogP contribution in [0.1, 0.15) is 0 Å². The van der Waals surface area contributed by atoms with Gasteiger partial charge in [-0.15, -0.1) is 0 Å². The van der Waals surface area contributed by atoms with E-state index in [1.807, 2.05) is 18.9 Å². The maximum absolute atomic E-state index is 5.63. The van der Waals surface area contributed by atoms with Crippen molar-refractivity contribution >= 4 is 30.5 Å². The van der Waals surface area contributed by atoms with E-state index in [1.54, 1.807) is 0 Å². The van der Waals surface area contributed by atoms with E-state index in [0.29, 0.717) is 5.75 Å². The van der Waals surface area contributed by atoms with Crippen LogP contribution in [0.15, 0.2) is 6.33 Å². The highest BCUT2D eigenvalue weighted by Gasteiger charge is 2.09. The van der Waals surface area contributed by atoms with Crippen LogP contribution in [0.5, 0.6) is 11.6 Å². The van der Waals surface area contributed by atoms with Crippen molar-refractivity contribution < 1.29 is 9.05 Å². The molecule has 60 valence electrons. The molecule has 0 N–H and O–H groups in total. The molecule has 4 nitrogen and oxygen atoms in total. The van der Waals surface area contributed by atoms with Gasteiger partial charge in [0.05, 0.1) is 18.9 Å². The van der Waals surface area contributed by atoms with Crippen molar-refractivity contribution in [2.75, 3.05) is 0 Å². The van der Waals surface area contributed by atoms with Gasteiger partial charge in [-0.2, -0.15) is 4.98 Å². The van der Waals surface area contributed by atoms with E-state index in [2.05, 4.69) is 9.97 Å². The Kier molecular flexibility index (Phi) is 3.25. The highest BCUT2D eigenvalue weighted by Crippen LogP contribution is 2.32. The molecule has 0 aromatic carbocycles. The van der Waals surface area contributed by atoms with E-state index in [0.717, 1.165) is 0 Å². The summed E-state index contributed by atoms with van der Waals surface area (Å²) in [5.41, 5.74) is 0. The first-order valence-corrected chi connectivity index (χ1v) is 3.85. The molecule has 0 radical (unpaired) electrons. The summed E-state index contributed by atoms with van der Waals surface area (Å²) in [6.07, 6.45) is 1.29. The summed E-state index contributed by atoms with van der Waals surface area (Å²) < 4.78 is 9.55. The van der Waals surface area contributed by atoms with Crippen LogP contribution in [-0.4, -0.2) is 9.97 Å². The van der Waals surface area contributed by atoms with E-state index in [4.69, 9.17) is 20.6 Å². The Morgan fingerprint density at radius 2 is 2.00 bits per heavy atom. The largest absolute Gasteiger partial charge is 0.472 e. The molecule has 7 heteroatoms. The standard InChI is InChI=1S/C4H5ClN2O2P2/c5-3-2(8-10)4(9-11)7-1-6-3/h1H,10-11H2. The summed E-state index contributed by atoms with van der Waals surface area (Å²) in [6.45, 7) is 0. The zero-order valence-electron chi connectivity index (χ0n) is 5.32. The van der Waals surface area contributed by atoms with E-state index >= 15 is 0 Å². The van der Waals surface area contributed by atoms with E-state index in [-0.39, 0.29) is 11.0 Å². The van der Waals surface area contributed by atoms with Gasteiger partial charge in [0.25, 0.3) is 5.88 Å². The lowest BCUT2D eigenvalue weighted by molar-refractivity contribution is 0.544. The second-order valence-electron chi connectivity index (χ2n) is 1.53. The summed E-state index contributed by atoms with van der Waals surface area (Å²) in [5, 5.41) is 0.215. The summed E-state index contributed by atoms with van der Waals surface area (Å²) in [6, 6.07) is 0. The Hall–Kier alpha value is -0.170. The first kappa shape index (κ1) is 8.92. The summed E-state index contributed by atoms with van der Waals surface area (Å²) in [5.74, 6) is 0.583. The molecule has 2 unspecified atom stereocenters. The zero-order chi connectivity index (χ0) is 8.27. The SMILES string of the molecule is POc1ncnc(Cl)c1OP. The van der Waals surface area contributed by atoms with Gasteiger partial charge in [-0.1, -0.05) is 11.6 Å². The molecule has 0 spiro atoms. The number of hydrogen-bond acceptors (Lipinski definition) is 4. The smallest absolute Gasteiger partial charge is 0.264 e. The van der Waals surface area contributed by atoms with Crippen LogP contribution in [0.4, 0.5) is 0 Å². The lowest BCUT2D eigenvalue weighted by Crippen LogP contribution is -1.88. The van der Waals surface area contributed by atoms with Gasteiger partial charge in [0.2, 0.25) is 5.75 Å². The van der Waals surface area contributed by atoms with Crippen LogP contribution in [0.3, 0.4) is 0 Å². The third-order valence-electron chi connectivity index (χ3n) is 0.957. The zero-order valence-corrected chi connectivity index (χ0v) is 8.39. The van der Waals surface area contributed by atoms with Gasteiger partial charge >= 0.3 is 0 Å². The second kappa shape index (κ2) is 4.01. The number of rotatable bonds is 2. The van der Waals surface area contributed by atoms with Gasteiger partial charge in [0, 0.05) is 0 Å². The first-order valence-electron chi connectivity index (χ1n) is 2.53. The minimum Gasteiger partial charge on any atom is -0.472 e. The van der Waals surface area contributed by atoms with Crippen molar-refractivity contribution in [2.45, 2.75) is 0 Å². The molecule has 0 saturated heterocycles. The van der Waals surface area contributed by atoms with Crippen molar-refractivity contribution in [1.82, 2.24) is 9.97 Å². The van der Waals surface area contributed by atoms with Crippen molar-refractivity contribution in [2.24, 2.45) is 0 Å². The molecule has 0 saturated carbocycles. The normalized spacial score (nSPS) is 9.36. The average molecular weight is 210 g/mol. The van der Waals surface area contributed by atoms with Crippen molar-refractivity contribution in [3.8, 4) is 11.6 Å². The minimum atomic E-state index is 0.215. The molecule has 0 amide bonds. The fourth-order valence-corrected chi connectivity index (χ4v) is 1.14. The number of nitrogens with zero attached hydrogens (tertiary/aromatic N) is 2. The van der Waals surface area contributed by atoms with Crippen molar-refractivity contribution in [3.05, 3.63) is 11.5 Å². The molecule has 0 fully saturated rings. The minimum absolute atomic E-state index is 0.215. The highest BCUT2D eigenvalue weighted by molar-refractivity contribution is 7.10. The van der Waals surface area contributed by atoms with E-state index < -0.39 is 0 Å². The third-order valence-corrected chi connectivity index (χ3v) is 1.69. The molecule has 11 heavy (non-hydrogen) atoms. The Morgan fingerprint density at radius 3 is 2.45 bits per heavy atom. The molecule has 0 aliphatic rings. The van der Waals surface area contributed by atoms with Crippen LogP contribution in [0.2, 0.25) is 5.15 Å². The van der Waals surface area contributed by atoms with Crippen LogP contribution in [-0.2, 0) is 0 Å². The molecular formula is C4H5ClN2O2P2. The van der Waals surface area contributed by atoms with Crippen LogP contribution >= 0.6 is 30.5 Å². The van der Waals surface area contributed by atoms with Crippen LogP contribution in [0.25, 0.3) is 0 Å². The number of aromatic nitrogens is 2. The Labute approximate surface area is 73.2 Å². The Balaban J connectivity index is 3.13. The van der Waals surface area contributed by atoms with Gasteiger partial charge in [-0.05, 0) is 0 Å². The lowest BCUT2D eigenvalue weighted by atomic mass is 10.6. The highest BCUT2D eigenvalue weighted by atomic mass is 35.5. The molecule has 0 aliphatic heterocycles. The van der Waals surface area contributed by atoms with Crippen LogP contribution in [0, 0.1) is 0 Å². The monoisotopic (exact) mass is 210 g/mol. The van der Waals surface area contributed by atoms with E-state index in [9.17, 15) is 0 Å². The molecule has 1 aromatic heterocycles. The molecule has 0 bridgehead atoms. The summed E-state index contributed by atoms with van der Waals surface area (Å²) in [4.78, 5) is 7.44. The Bertz CT molecular complexity index is 260. The fraction of sp³-hybridized carbons (Fsp3) is 0.